The van der Waals surface area contributed by atoms with Gasteiger partial charge in [-0.15, -0.1) is 0 Å². The average Bonchev–Trinajstić information content (AvgIpc) is 2.55. The zero-order valence-electron chi connectivity index (χ0n) is 14.8. The maximum absolute atomic E-state index is 12.2. The molecule has 1 atom stereocenters. The number of allylic oxidation sites excluding steroid dienone is 3. The number of carbonyl (C=O) groups excluding carboxylic acids is 2. The van der Waals surface area contributed by atoms with Gasteiger partial charge in [-0.1, -0.05) is 11.6 Å². The minimum absolute atomic E-state index is 0.0701. The van der Waals surface area contributed by atoms with Crippen molar-refractivity contribution in [2.75, 3.05) is 0 Å². The van der Waals surface area contributed by atoms with E-state index in [1.54, 1.807) is 12.2 Å². The standard InChI is InChI=1S/C20H20O6/c1-10(2)5-4-7-20(3)8-6-11-16(23)14-12(21)9-13(22)17(24)15(14)18(25)19(11)26-20/h5-6,8-9,21,23,25H,4,7H2,1-3H3. The first-order valence-electron chi connectivity index (χ1n) is 8.28. The van der Waals surface area contributed by atoms with E-state index in [0.29, 0.717) is 6.42 Å². The van der Waals surface area contributed by atoms with Crippen molar-refractivity contribution in [3.05, 3.63) is 40.5 Å². The summed E-state index contributed by atoms with van der Waals surface area (Å²) in [6, 6.07) is 0. The molecule has 1 heterocycles. The van der Waals surface area contributed by atoms with Crippen molar-refractivity contribution in [2.45, 2.75) is 39.2 Å². The summed E-state index contributed by atoms with van der Waals surface area (Å²) in [6.45, 7) is 5.81. The fourth-order valence-corrected chi connectivity index (χ4v) is 3.14. The molecule has 2 aliphatic rings. The van der Waals surface area contributed by atoms with Crippen LogP contribution in [-0.2, 0) is 4.79 Å². The molecule has 3 rings (SSSR count). The number of ketones is 2. The lowest BCUT2D eigenvalue weighted by atomic mass is 9.87. The van der Waals surface area contributed by atoms with Crippen LogP contribution >= 0.6 is 0 Å². The van der Waals surface area contributed by atoms with Gasteiger partial charge in [0.15, 0.2) is 11.5 Å². The molecule has 0 radical (unpaired) electrons. The van der Waals surface area contributed by atoms with Crippen molar-refractivity contribution in [1.82, 2.24) is 0 Å². The minimum Gasteiger partial charge on any atom is -0.507 e. The van der Waals surface area contributed by atoms with Crippen LogP contribution in [0.25, 0.3) is 11.8 Å². The van der Waals surface area contributed by atoms with Gasteiger partial charge in [0.05, 0.1) is 16.7 Å². The normalized spacial score (nSPS) is 20.8. The Hall–Kier alpha value is -3.02. The van der Waals surface area contributed by atoms with Crippen molar-refractivity contribution in [2.24, 2.45) is 0 Å². The van der Waals surface area contributed by atoms with Crippen molar-refractivity contribution in [3.63, 3.8) is 0 Å². The fourth-order valence-electron chi connectivity index (χ4n) is 3.14. The second kappa shape index (κ2) is 6.05. The third kappa shape index (κ3) is 2.77. The Morgan fingerprint density at radius 3 is 2.50 bits per heavy atom. The molecule has 1 aliphatic carbocycles. The summed E-state index contributed by atoms with van der Waals surface area (Å²) >= 11 is 0. The van der Waals surface area contributed by atoms with E-state index < -0.39 is 40.0 Å². The number of phenols is 2. The molecule has 0 aromatic heterocycles. The fraction of sp³-hybridized carbons (Fsp3) is 0.300. The quantitative estimate of drug-likeness (QED) is 0.434. The first-order chi connectivity index (χ1) is 12.1. The van der Waals surface area contributed by atoms with Crippen LogP contribution < -0.4 is 4.74 Å². The van der Waals surface area contributed by atoms with Crippen LogP contribution in [0.5, 0.6) is 17.2 Å². The molecule has 3 N–H and O–H groups in total. The number of Topliss-reactive ketones (excluding diaryl/α,β-unsaturated/α-hetero) is 1. The highest BCUT2D eigenvalue weighted by Crippen LogP contribution is 2.50. The summed E-state index contributed by atoms with van der Waals surface area (Å²) in [5.74, 6) is -3.57. The van der Waals surface area contributed by atoms with Crippen LogP contribution in [0.2, 0.25) is 0 Å². The van der Waals surface area contributed by atoms with Crippen LogP contribution in [0.4, 0.5) is 0 Å². The van der Waals surface area contributed by atoms with Gasteiger partial charge in [0, 0.05) is 6.08 Å². The Morgan fingerprint density at radius 1 is 1.15 bits per heavy atom. The lowest BCUT2D eigenvalue weighted by molar-refractivity contribution is -0.111. The lowest BCUT2D eigenvalue weighted by Gasteiger charge is -2.33. The molecular formula is C20H20O6. The first kappa shape index (κ1) is 17.8. The Labute approximate surface area is 150 Å². The van der Waals surface area contributed by atoms with Gasteiger partial charge in [-0.05, 0) is 45.8 Å². The van der Waals surface area contributed by atoms with Crippen LogP contribution in [0.15, 0.2) is 23.8 Å². The number of aliphatic hydroxyl groups excluding tert-OH is 1. The predicted octanol–water partition coefficient (Wildman–Crippen LogP) is 3.67. The molecule has 0 amide bonds. The third-order valence-electron chi connectivity index (χ3n) is 4.54. The smallest absolute Gasteiger partial charge is 0.237 e. The molecule has 1 aliphatic heterocycles. The average molecular weight is 356 g/mol. The summed E-state index contributed by atoms with van der Waals surface area (Å²) in [4.78, 5) is 23.9. The summed E-state index contributed by atoms with van der Waals surface area (Å²) in [5, 5.41) is 31.0. The zero-order valence-corrected chi connectivity index (χ0v) is 14.8. The Balaban J connectivity index is 2.10. The molecule has 0 saturated heterocycles. The highest BCUT2D eigenvalue weighted by atomic mass is 16.5. The summed E-state index contributed by atoms with van der Waals surface area (Å²) in [6.07, 6.45) is 7.50. The van der Waals surface area contributed by atoms with Gasteiger partial charge in [-0.3, -0.25) is 9.59 Å². The Morgan fingerprint density at radius 2 is 1.85 bits per heavy atom. The molecule has 26 heavy (non-hydrogen) atoms. The maximum atomic E-state index is 12.2. The number of fused-ring (bicyclic) bond motifs is 2. The molecular weight excluding hydrogens is 336 g/mol. The number of rotatable bonds is 3. The summed E-state index contributed by atoms with van der Waals surface area (Å²) in [5.41, 5.74) is -0.116. The van der Waals surface area contributed by atoms with E-state index in [0.717, 1.165) is 12.5 Å². The molecule has 1 aromatic carbocycles. The number of aromatic hydroxyl groups is 2. The van der Waals surface area contributed by atoms with Crippen molar-refractivity contribution >= 4 is 23.4 Å². The highest BCUT2D eigenvalue weighted by molar-refractivity contribution is 6.51. The molecule has 136 valence electrons. The second-order valence-electron chi connectivity index (χ2n) is 6.98. The van der Waals surface area contributed by atoms with Crippen molar-refractivity contribution in [3.8, 4) is 17.2 Å². The van der Waals surface area contributed by atoms with Gasteiger partial charge in [-0.25, -0.2) is 0 Å². The Bertz CT molecular complexity index is 915. The number of hydrogen-bond donors (Lipinski definition) is 3. The monoisotopic (exact) mass is 356 g/mol. The van der Waals surface area contributed by atoms with E-state index in [9.17, 15) is 24.9 Å². The van der Waals surface area contributed by atoms with Crippen LogP contribution in [-0.4, -0.2) is 32.5 Å². The molecule has 1 aromatic rings. The molecule has 1 unspecified atom stereocenters. The van der Waals surface area contributed by atoms with Crippen LogP contribution in [0.1, 0.15) is 55.1 Å². The maximum Gasteiger partial charge on any atom is 0.237 e. The number of benzene rings is 1. The first-order valence-corrected chi connectivity index (χ1v) is 8.28. The molecule has 0 fully saturated rings. The van der Waals surface area contributed by atoms with Gasteiger partial charge in [0.1, 0.15) is 17.1 Å². The van der Waals surface area contributed by atoms with Crippen LogP contribution in [0.3, 0.4) is 0 Å². The molecule has 6 nitrogen and oxygen atoms in total. The Kier molecular flexibility index (Phi) is 4.14. The topological polar surface area (TPSA) is 104 Å². The van der Waals surface area contributed by atoms with E-state index in [1.807, 2.05) is 20.8 Å². The zero-order chi connectivity index (χ0) is 19.2. The van der Waals surface area contributed by atoms with E-state index in [2.05, 4.69) is 6.08 Å². The van der Waals surface area contributed by atoms with E-state index in [1.165, 1.54) is 5.57 Å². The second-order valence-corrected chi connectivity index (χ2v) is 6.98. The van der Waals surface area contributed by atoms with Gasteiger partial charge in [0.25, 0.3) is 0 Å². The highest BCUT2D eigenvalue weighted by Gasteiger charge is 2.38. The van der Waals surface area contributed by atoms with Gasteiger partial charge < -0.3 is 20.1 Å². The number of ether oxygens (including phenoxy) is 1. The summed E-state index contributed by atoms with van der Waals surface area (Å²) < 4.78 is 5.91. The molecule has 0 spiro atoms. The SMILES string of the molecule is CC(C)=CCCC1(C)C=Cc2c(O)c3c(c(O)c2O1)C(=O)C(=O)C=C3O. The van der Waals surface area contributed by atoms with Gasteiger partial charge >= 0.3 is 0 Å². The van der Waals surface area contributed by atoms with Crippen molar-refractivity contribution in [1.29, 1.82) is 0 Å². The molecule has 6 heteroatoms. The number of hydrogen-bond acceptors (Lipinski definition) is 6. The van der Waals surface area contributed by atoms with Gasteiger partial charge in [-0.2, -0.15) is 0 Å². The summed E-state index contributed by atoms with van der Waals surface area (Å²) in [7, 11) is 0. The number of phenolic OH excluding ortho intramolecular Hbond substituents is 2. The molecule has 0 saturated carbocycles. The number of carbonyl (C=O) groups is 2. The van der Waals surface area contributed by atoms with Gasteiger partial charge in [0.2, 0.25) is 11.6 Å². The van der Waals surface area contributed by atoms with E-state index >= 15 is 0 Å². The van der Waals surface area contributed by atoms with E-state index in [4.69, 9.17) is 4.74 Å². The lowest BCUT2D eigenvalue weighted by Crippen LogP contribution is -2.32. The predicted molar refractivity (Wildman–Crippen MR) is 96.4 cm³/mol. The van der Waals surface area contributed by atoms with Crippen LogP contribution in [0, 0.1) is 0 Å². The number of aliphatic hydroxyl groups is 1. The molecule has 0 bridgehead atoms. The minimum atomic E-state index is -1.00. The largest absolute Gasteiger partial charge is 0.507 e. The van der Waals surface area contributed by atoms with Crippen molar-refractivity contribution < 1.29 is 29.6 Å². The van der Waals surface area contributed by atoms with E-state index in [-0.39, 0.29) is 16.9 Å². The third-order valence-corrected chi connectivity index (χ3v) is 4.54.